The Balaban J connectivity index is 2.97. The van der Waals surface area contributed by atoms with Crippen LogP contribution in [0.5, 0.6) is 0 Å². The van der Waals surface area contributed by atoms with Crippen LogP contribution in [0.2, 0.25) is 10.0 Å². The number of nitrogens with two attached hydrogens (primary N) is 1. The van der Waals surface area contributed by atoms with Crippen LogP contribution in [0.15, 0.2) is 12.1 Å². The molecular weight excluding hydrogens is 221 g/mol. The fourth-order valence-corrected chi connectivity index (χ4v) is 1.36. The molecule has 0 aromatic heterocycles. The van der Waals surface area contributed by atoms with Crippen LogP contribution < -0.4 is 5.73 Å². The van der Waals surface area contributed by atoms with Gasteiger partial charge in [0.1, 0.15) is 0 Å². The van der Waals surface area contributed by atoms with E-state index in [4.69, 9.17) is 34.0 Å². The van der Waals surface area contributed by atoms with Gasteiger partial charge < -0.3 is 10.8 Å². The van der Waals surface area contributed by atoms with Crippen LogP contribution in [-0.4, -0.2) is 11.7 Å². The summed E-state index contributed by atoms with van der Waals surface area (Å²) in [7, 11) is 0. The summed E-state index contributed by atoms with van der Waals surface area (Å²) in [6, 6.07) is 3.29. The van der Waals surface area contributed by atoms with Crippen molar-refractivity contribution >= 4 is 28.9 Å². The minimum atomic E-state index is 0.0451. The van der Waals surface area contributed by atoms with Gasteiger partial charge in [0.15, 0.2) is 0 Å². The summed E-state index contributed by atoms with van der Waals surface area (Å²) in [4.78, 5) is 0. The van der Waals surface area contributed by atoms with Crippen molar-refractivity contribution in [3.8, 4) is 11.8 Å². The molecule has 0 fully saturated rings. The average molecular weight is 230 g/mol. The van der Waals surface area contributed by atoms with E-state index in [1.54, 1.807) is 12.1 Å². The van der Waals surface area contributed by atoms with Crippen LogP contribution in [0.25, 0.3) is 0 Å². The van der Waals surface area contributed by atoms with Gasteiger partial charge in [0.05, 0.1) is 22.3 Å². The van der Waals surface area contributed by atoms with Crippen molar-refractivity contribution in [3.05, 3.63) is 27.7 Å². The van der Waals surface area contributed by atoms with Gasteiger partial charge in [-0.15, -0.1) is 0 Å². The smallest absolute Gasteiger partial charge is 0.0693 e. The number of hydrogen-bond donors (Lipinski definition) is 2. The molecule has 0 aliphatic rings. The summed E-state index contributed by atoms with van der Waals surface area (Å²) in [5, 5.41) is 9.31. The number of anilines is 1. The minimum Gasteiger partial charge on any atom is -0.396 e. The van der Waals surface area contributed by atoms with E-state index in [1.165, 1.54) is 0 Å². The quantitative estimate of drug-likeness (QED) is 0.574. The van der Waals surface area contributed by atoms with Gasteiger partial charge in [-0.1, -0.05) is 35.0 Å². The molecule has 14 heavy (non-hydrogen) atoms. The summed E-state index contributed by atoms with van der Waals surface area (Å²) >= 11 is 11.6. The van der Waals surface area contributed by atoms with Gasteiger partial charge in [-0.3, -0.25) is 0 Å². The van der Waals surface area contributed by atoms with Crippen molar-refractivity contribution < 1.29 is 5.11 Å². The zero-order valence-corrected chi connectivity index (χ0v) is 8.86. The van der Waals surface area contributed by atoms with E-state index in [2.05, 4.69) is 11.8 Å². The fourth-order valence-electron chi connectivity index (χ4n) is 0.877. The maximum Gasteiger partial charge on any atom is 0.0693 e. The van der Waals surface area contributed by atoms with Crippen molar-refractivity contribution in [1.29, 1.82) is 0 Å². The van der Waals surface area contributed by atoms with E-state index in [0.29, 0.717) is 27.7 Å². The van der Waals surface area contributed by atoms with Crippen LogP contribution in [0.1, 0.15) is 12.0 Å². The zero-order valence-electron chi connectivity index (χ0n) is 7.35. The first-order valence-corrected chi connectivity index (χ1v) is 4.75. The molecule has 0 saturated heterocycles. The monoisotopic (exact) mass is 229 g/mol. The van der Waals surface area contributed by atoms with Crippen molar-refractivity contribution in [1.82, 2.24) is 0 Å². The van der Waals surface area contributed by atoms with E-state index in [1.807, 2.05) is 0 Å². The first-order valence-electron chi connectivity index (χ1n) is 3.99. The molecule has 0 radical (unpaired) electrons. The van der Waals surface area contributed by atoms with Crippen molar-refractivity contribution in [2.24, 2.45) is 0 Å². The number of hydrogen-bond acceptors (Lipinski definition) is 2. The molecule has 0 saturated carbocycles. The van der Waals surface area contributed by atoms with Crippen LogP contribution in [-0.2, 0) is 0 Å². The molecule has 0 aliphatic carbocycles. The second-order valence-electron chi connectivity index (χ2n) is 2.63. The van der Waals surface area contributed by atoms with Gasteiger partial charge in [-0.25, -0.2) is 0 Å². The van der Waals surface area contributed by atoms with Gasteiger partial charge in [0.2, 0.25) is 0 Å². The average Bonchev–Trinajstić information content (AvgIpc) is 2.14. The van der Waals surface area contributed by atoms with E-state index < -0.39 is 0 Å². The molecule has 1 aromatic rings. The third-order valence-electron chi connectivity index (χ3n) is 1.55. The Bertz CT molecular complexity index is 370. The highest BCUT2D eigenvalue weighted by atomic mass is 35.5. The highest BCUT2D eigenvalue weighted by Crippen LogP contribution is 2.28. The zero-order chi connectivity index (χ0) is 10.6. The predicted molar refractivity (Wildman–Crippen MR) is 59.5 cm³/mol. The maximum absolute atomic E-state index is 8.52. The van der Waals surface area contributed by atoms with Gasteiger partial charge in [-0.2, -0.15) is 0 Å². The topological polar surface area (TPSA) is 46.2 Å². The second-order valence-corrected chi connectivity index (χ2v) is 3.44. The van der Waals surface area contributed by atoms with Gasteiger partial charge in [0.25, 0.3) is 0 Å². The molecular formula is C10H9Cl2NO. The number of nitrogen functional groups attached to an aromatic ring is 1. The number of benzene rings is 1. The fraction of sp³-hybridized carbons (Fsp3) is 0.200. The Kier molecular flexibility index (Phi) is 4.09. The summed E-state index contributed by atoms with van der Waals surface area (Å²) in [5.74, 6) is 5.59. The molecule has 74 valence electrons. The van der Waals surface area contributed by atoms with Crippen LogP contribution in [0.3, 0.4) is 0 Å². The van der Waals surface area contributed by atoms with Gasteiger partial charge in [-0.05, 0) is 12.1 Å². The SMILES string of the molecule is Nc1c(Cl)cc(C#CCCO)cc1Cl. The van der Waals surface area contributed by atoms with E-state index in [9.17, 15) is 0 Å². The molecule has 3 N–H and O–H groups in total. The van der Waals surface area contributed by atoms with Crippen molar-refractivity contribution in [2.45, 2.75) is 6.42 Å². The molecule has 0 amide bonds. The van der Waals surface area contributed by atoms with E-state index in [0.717, 1.165) is 0 Å². The Hall–Kier alpha value is -0.880. The first kappa shape index (κ1) is 11.2. The number of aliphatic hydroxyl groups is 1. The summed E-state index contributed by atoms with van der Waals surface area (Å²) in [5.41, 5.74) is 6.61. The number of aliphatic hydroxyl groups excluding tert-OH is 1. The van der Waals surface area contributed by atoms with Crippen LogP contribution in [0.4, 0.5) is 5.69 Å². The summed E-state index contributed by atoms with van der Waals surface area (Å²) in [6.07, 6.45) is 0.430. The van der Waals surface area contributed by atoms with Gasteiger partial charge in [0, 0.05) is 12.0 Å². The maximum atomic E-state index is 8.52. The molecule has 0 aliphatic heterocycles. The largest absolute Gasteiger partial charge is 0.396 e. The Labute approximate surface area is 92.6 Å². The molecule has 1 aromatic carbocycles. The lowest BCUT2D eigenvalue weighted by Gasteiger charge is -2.00. The predicted octanol–water partition coefficient (Wildman–Crippen LogP) is 2.31. The van der Waals surface area contributed by atoms with E-state index >= 15 is 0 Å². The second kappa shape index (κ2) is 5.11. The molecule has 0 heterocycles. The Morgan fingerprint density at radius 3 is 2.36 bits per heavy atom. The lowest BCUT2D eigenvalue weighted by atomic mass is 10.2. The minimum absolute atomic E-state index is 0.0451. The number of halogens is 2. The van der Waals surface area contributed by atoms with Crippen molar-refractivity contribution in [2.75, 3.05) is 12.3 Å². The first-order chi connectivity index (χ1) is 6.65. The molecule has 0 bridgehead atoms. The Morgan fingerprint density at radius 2 is 1.86 bits per heavy atom. The molecule has 1 rings (SSSR count). The molecule has 0 spiro atoms. The molecule has 4 heteroatoms. The normalized spacial score (nSPS) is 9.36. The lowest BCUT2D eigenvalue weighted by molar-refractivity contribution is 0.305. The Morgan fingerprint density at radius 1 is 1.29 bits per heavy atom. The van der Waals surface area contributed by atoms with Crippen LogP contribution in [0, 0.1) is 11.8 Å². The van der Waals surface area contributed by atoms with Crippen LogP contribution >= 0.6 is 23.2 Å². The highest BCUT2D eigenvalue weighted by Gasteiger charge is 2.02. The third-order valence-corrected chi connectivity index (χ3v) is 2.17. The third kappa shape index (κ3) is 2.81. The summed E-state index contributed by atoms with van der Waals surface area (Å²) < 4.78 is 0. The number of rotatable bonds is 1. The molecule has 0 unspecified atom stereocenters. The standard InChI is InChI=1S/C10H9Cl2NO/c11-8-5-7(3-1-2-4-14)6-9(12)10(8)13/h5-6,14H,2,4,13H2. The molecule has 2 nitrogen and oxygen atoms in total. The molecule has 0 atom stereocenters. The summed E-state index contributed by atoms with van der Waals surface area (Å²) in [6.45, 7) is 0.0451. The van der Waals surface area contributed by atoms with Crippen molar-refractivity contribution in [3.63, 3.8) is 0 Å². The van der Waals surface area contributed by atoms with E-state index in [-0.39, 0.29) is 6.61 Å². The lowest BCUT2D eigenvalue weighted by Crippen LogP contribution is -1.89. The highest BCUT2D eigenvalue weighted by molar-refractivity contribution is 6.39. The van der Waals surface area contributed by atoms with Gasteiger partial charge >= 0.3 is 0 Å².